The van der Waals surface area contributed by atoms with Crippen molar-refractivity contribution in [3.8, 4) is 0 Å². The molecule has 1 N–H and O–H groups in total. The van der Waals surface area contributed by atoms with Crippen LogP contribution in [0, 0.1) is 0 Å². The van der Waals surface area contributed by atoms with Crippen molar-refractivity contribution in [3.05, 3.63) is 35.9 Å². The van der Waals surface area contributed by atoms with Gasteiger partial charge in [-0.1, -0.05) is 30.3 Å². The molecule has 4 heteroatoms. The molecule has 1 aromatic rings. The first-order valence-corrected chi connectivity index (χ1v) is 3.61. The molecule has 0 saturated heterocycles. The molecule has 1 atom stereocenters. The smallest absolute Gasteiger partial charge is 0.339 e. The summed E-state index contributed by atoms with van der Waals surface area (Å²) in [5, 5.41) is 8.62. The van der Waals surface area contributed by atoms with Crippen LogP contribution < -0.4 is 0 Å². The average molecular weight is 187 g/mol. The van der Waals surface area contributed by atoms with Crippen LogP contribution in [0.3, 0.4) is 0 Å². The van der Waals surface area contributed by atoms with Gasteiger partial charge in [0.1, 0.15) is 0 Å². The number of hydrogen-bond donors (Lipinski definition) is 1. The highest BCUT2D eigenvalue weighted by Gasteiger charge is 2.19. The number of carboxylic acid groups (broad SMARTS) is 1. The molecule has 12 heavy (non-hydrogen) atoms. The van der Waals surface area contributed by atoms with Crippen molar-refractivity contribution in [1.29, 1.82) is 0 Å². The lowest BCUT2D eigenvalue weighted by Gasteiger charge is -2.06. The largest absolute Gasteiger partial charge is 0.479 e. The molecule has 64 valence electrons. The summed E-state index contributed by atoms with van der Waals surface area (Å²) in [6, 6.07) is 8.52. The van der Waals surface area contributed by atoms with Crippen LogP contribution in [0.25, 0.3) is 0 Å². The average Bonchev–Trinajstić information content (AvgIpc) is 2.07. The van der Waals surface area contributed by atoms with E-state index in [0.717, 1.165) is 0 Å². The van der Waals surface area contributed by atoms with E-state index in [4.69, 9.17) is 17.0 Å². The van der Waals surface area contributed by atoms with Gasteiger partial charge in [0.2, 0.25) is 6.10 Å². The molecular formula is C8H7ClO3. The van der Waals surface area contributed by atoms with Crippen LogP contribution in [0.5, 0.6) is 0 Å². The molecule has 1 unspecified atom stereocenters. The molecule has 0 spiro atoms. The van der Waals surface area contributed by atoms with Gasteiger partial charge in [0.05, 0.1) is 11.9 Å². The maximum Gasteiger partial charge on any atom is 0.339 e. The lowest BCUT2D eigenvalue weighted by Crippen LogP contribution is -2.11. The Hall–Kier alpha value is -1.06. The Labute approximate surface area is 74.7 Å². The predicted octanol–water partition coefficient (Wildman–Crippen LogP) is 1.98. The Bertz CT molecular complexity index is 260. The van der Waals surface area contributed by atoms with Gasteiger partial charge < -0.3 is 5.11 Å². The quantitative estimate of drug-likeness (QED) is 0.785. The lowest BCUT2D eigenvalue weighted by atomic mass is 10.1. The van der Waals surface area contributed by atoms with Crippen molar-refractivity contribution >= 4 is 17.8 Å². The first-order chi connectivity index (χ1) is 5.75. The number of halogens is 1. The van der Waals surface area contributed by atoms with Gasteiger partial charge in [-0.15, -0.1) is 0 Å². The minimum absolute atomic E-state index is 0.528. The second kappa shape index (κ2) is 4.09. The maximum atomic E-state index is 10.5. The third-order valence-electron chi connectivity index (χ3n) is 1.42. The number of carbonyl (C=O) groups is 1. The normalized spacial score (nSPS) is 12.4. The van der Waals surface area contributed by atoms with Crippen molar-refractivity contribution in [2.45, 2.75) is 6.10 Å². The Balaban J connectivity index is 2.88. The molecular weight excluding hydrogens is 180 g/mol. The van der Waals surface area contributed by atoms with E-state index in [0.29, 0.717) is 5.56 Å². The van der Waals surface area contributed by atoms with E-state index >= 15 is 0 Å². The summed E-state index contributed by atoms with van der Waals surface area (Å²) in [5.74, 6) is -1.10. The summed E-state index contributed by atoms with van der Waals surface area (Å²) >= 11 is 5.02. The number of aliphatic carboxylic acids is 1. The fraction of sp³-hybridized carbons (Fsp3) is 0.125. The Morgan fingerprint density at radius 1 is 1.42 bits per heavy atom. The van der Waals surface area contributed by atoms with Gasteiger partial charge >= 0.3 is 5.97 Å². The molecule has 0 aliphatic rings. The molecule has 0 bridgehead atoms. The fourth-order valence-electron chi connectivity index (χ4n) is 0.860. The van der Waals surface area contributed by atoms with Gasteiger partial charge in [0.25, 0.3) is 0 Å². The second-order valence-corrected chi connectivity index (χ2v) is 2.40. The van der Waals surface area contributed by atoms with Gasteiger partial charge in [0, 0.05) is 0 Å². The minimum Gasteiger partial charge on any atom is -0.479 e. The van der Waals surface area contributed by atoms with Gasteiger partial charge in [-0.2, -0.15) is 0 Å². The molecule has 0 radical (unpaired) electrons. The molecule has 0 fully saturated rings. The number of carboxylic acids is 1. The molecule has 3 nitrogen and oxygen atoms in total. The molecule has 0 amide bonds. The third kappa shape index (κ3) is 1.96. The predicted molar refractivity (Wildman–Crippen MR) is 43.8 cm³/mol. The Morgan fingerprint density at radius 3 is 2.42 bits per heavy atom. The first-order valence-electron chi connectivity index (χ1n) is 3.31. The van der Waals surface area contributed by atoms with Crippen LogP contribution in [-0.2, 0) is 9.08 Å². The highest BCUT2D eigenvalue weighted by atomic mass is 35.5. The summed E-state index contributed by atoms with van der Waals surface area (Å²) < 4.78 is 4.27. The third-order valence-corrected chi connectivity index (χ3v) is 1.59. The molecule has 0 aliphatic carbocycles. The minimum atomic E-state index is -1.10. The van der Waals surface area contributed by atoms with Crippen molar-refractivity contribution in [1.82, 2.24) is 0 Å². The summed E-state index contributed by atoms with van der Waals surface area (Å²) in [7, 11) is 0. The zero-order valence-corrected chi connectivity index (χ0v) is 6.86. The molecule has 1 aromatic carbocycles. The molecule has 0 aromatic heterocycles. The highest BCUT2D eigenvalue weighted by molar-refractivity contribution is 6.08. The zero-order valence-electron chi connectivity index (χ0n) is 6.11. The van der Waals surface area contributed by atoms with Crippen LogP contribution in [0.15, 0.2) is 30.3 Å². The summed E-state index contributed by atoms with van der Waals surface area (Å²) in [6.45, 7) is 0. The van der Waals surface area contributed by atoms with Crippen LogP contribution in [0.4, 0.5) is 0 Å². The van der Waals surface area contributed by atoms with Gasteiger partial charge in [-0.25, -0.2) is 4.79 Å². The SMILES string of the molecule is O=C(O)C(OCl)c1ccccc1. The van der Waals surface area contributed by atoms with Gasteiger partial charge in [0.15, 0.2) is 0 Å². The van der Waals surface area contributed by atoms with Crippen molar-refractivity contribution < 1.29 is 14.2 Å². The lowest BCUT2D eigenvalue weighted by molar-refractivity contribution is -0.145. The van der Waals surface area contributed by atoms with Crippen molar-refractivity contribution in [3.63, 3.8) is 0 Å². The summed E-state index contributed by atoms with van der Waals surface area (Å²) in [6.07, 6.45) is -1.09. The summed E-state index contributed by atoms with van der Waals surface area (Å²) in [4.78, 5) is 10.5. The Morgan fingerprint density at radius 2 is 2.00 bits per heavy atom. The van der Waals surface area contributed by atoms with Gasteiger partial charge in [-0.3, -0.25) is 4.29 Å². The number of benzene rings is 1. The number of hydrogen-bond acceptors (Lipinski definition) is 2. The van der Waals surface area contributed by atoms with Crippen molar-refractivity contribution in [2.75, 3.05) is 0 Å². The van der Waals surface area contributed by atoms with Crippen LogP contribution in [-0.4, -0.2) is 11.1 Å². The second-order valence-electron chi connectivity index (χ2n) is 2.22. The van der Waals surface area contributed by atoms with E-state index in [2.05, 4.69) is 4.29 Å². The number of rotatable bonds is 3. The summed E-state index contributed by atoms with van der Waals surface area (Å²) in [5.41, 5.74) is 0.528. The van der Waals surface area contributed by atoms with Crippen LogP contribution in [0.1, 0.15) is 11.7 Å². The highest BCUT2D eigenvalue weighted by Crippen LogP contribution is 2.18. The Kier molecular flexibility index (Phi) is 3.08. The molecule has 0 aliphatic heterocycles. The van der Waals surface area contributed by atoms with Gasteiger partial charge in [-0.05, 0) is 5.56 Å². The van der Waals surface area contributed by atoms with E-state index in [1.54, 1.807) is 30.3 Å². The van der Waals surface area contributed by atoms with E-state index in [1.807, 2.05) is 0 Å². The monoisotopic (exact) mass is 186 g/mol. The first kappa shape index (κ1) is 9.03. The van der Waals surface area contributed by atoms with E-state index < -0.39 is 12.1 Å². The maximum absolute atomic E-state index is 10.5. The fourth-order valence-corrected chi connectivity index (χ4v) is 1.04. The van der Waals surface area contributed by atoms with Crippen LogP contribution >= 0.6 is 11.9 Å². The molecule has 0 saturated carbocycles. The molecule has 0 heterocycles. The zero-order chi connectivity index (χ0) is 8.97. The van der Waals surface area contributed by atoms with E-state index in [1.165, 1.54) is 0 Å². The van der Waals surface area contributed by atoms with Crippen molar-refractivity contribution in [2.24, 2.45) is 0 Å². The van der Waals surface area contributed by atoms with E-state index in [-0.39, 0.29) is 0 Å². The van der Waals surface area contributed by atoms with Crippen LogP contribution in [0.2, 0.25) is 0 Å². The molecule has 1 rings (SSSR count). The topological polar surface area (TPSA) is 46.5 Å². The standard InChI is InChI=1S/C8H7ClO3/c9-12-7(8(10)11)6-4-2-1-3-5-6/h1-5,7H,(H,10,11). The van der Waals surface area contributed by atoms with E-state index in [9.17, 15) is 4.79 Å².